The SMILES string of the molecule is O=C(O)c1cnc(N2CCC[C@H]2C(=O)O)cn1. The fourth-order valence-electron chi connectivity index (χ4n) is 1.88. The van der Waals surface area contributed by atoms with Gasteiger partial charge in [0.2, 0.25) is 0 Å². The summed E-state index contributed by atoms with van der Waals surface area (Å²) in [5.74, 6) is -1.65. The van der Waals surface area contributed by atoms with Crippen LogP contribution >= 0.6 is 0 Å². The molecule has 1 aromatic rings. The number of anilines is 1. The first kappa shape index (κ1) is 11.3. The predicted molar refractivity (Wildman–Crippen MR) is 57.0 cm³/mol. The van der Waals surface area contributed by atoms with E-state index in [1.54, 1.807) is 4.90 Å². The number of aromatic nitrogens is 2. The Morgan fingerprint density at radius 2 is 2.06 bits per heavy atom. The zero-order valence-electron chi connectivity index (χ0n) is 8.91. The van der Waals surface area contributed by atoms with Gasteiger partial charge in [-0.15, -0.1) is 0 Å². The van der Waals surface area contributed by atoms with E-state index in [1.807, 2.05) is 0 Å². The Balaban J connectivity index is 2.22. The first-order chi connectivity index (χ1) is 8.09. The number of aliphatic carboxylic acids is 1. The summed E-state index contributed by atoms with van der Waals surface area (Å²) in [4.78, 5) is 30.9. The van der Waals surface area contributed by atoms with Crippen LogP contribution in [0.5, 0.6) is 0 Å². The van der Waals surface area contributed by atoms with Gasteiger partial charge in [-0.3, -0.25) is 0 Å². The summed E-state index contributed by atoms with van der Waals surface area (Å²) in [5.41, 5.74) is -0.153. The fourth-order valence-corrected chi connectivity index (χ4v) is 1.88. The molecule has 0 radical (unpaired) electrons. The smallest absolute Gasteiger partial charge is 0.356 e. The molecule has 1 saturated heterocycles. The third kappa shape index (κ3) is 2.17. The highest BCUT2D eigenvalue weighted by molar-refractivity contribution is 5.85. The molecule has 1 atom stereocenters. The van der Waals surface area contributed by atoms with E-state index in [-0.39, 0.29) is 5.69 Å². The lowest BCUT2D eigenvalue weighted by Gasteiger charge is -2.21. The van der Waals surface area contributed by atoms with Crippen molar-refractivity contribution in [3.8, 4) is 0 Å². The van der Waals surface area contributed by atoms with Crippen molar-refractivity contribution >= 4 is 17.8 Å². The molecule has 7 nitrogen and oxygen atoms in total. The van der Waals surface area contributed by atoms with Gasteiger partial charge in [-0.1, -0.05) is 0 Å². The molecule has 0 spiro atoms. The molecule has 90 valence electrons. The molecule has 2 heterocycles. The first-order valence-corrected chi connectivity index (χ1v) is 5.14. The van der Waals surface area contributed by atoms with Gasteiger partial charge < -0.3 is 15.1 Å². The summed E-state index contributed by atoms with van der Waals surface area (Å²) in [7, 11) is 0. The average molecular weight is 237 g/mol. The van der Waals surface area contributed by atoms with E-state index in [9.17, 15) is 9.59 Å². The van der Waals surface area contributed by atoms with E-state index in [4.69, 9.17) is 10.2 Å². The largest absolute Gasteiger partial charge is 0.480 e. The Kier molecular flexibility index (Phi) is 2.90. The highest BCUT2D eigenvalue weighted by Gasteiger charge is 2.31. The van der Waals surface area contributed by atoms with Gasteiger partial charge in [0, 0.05) is 6.54 Å². The van der Waals surface area contributed by atoms with Crippen molar-refractivity contribution < 1.29 is 19.8 Å². The lowest BCUT2D eigenvalue weighted by molar-refractivity contribution is -0.138. The molecule has 1 aliphatic rings. The van der Waals surface area contributed by atoms with Crippen molar-refractivity contribution in [2.24, 2.45) is 0 Å². The van der Waals surface area contributed by atoms with Crippen LogP contribution in [0.15, 0.2) is 12.4 Å². The van der Waals surface area contributed by atoms with Gasteiger partial charge in [-0.2, -0.15) is 0 Å². The highest BCUT2D eigenvalue weighted by atomic mass is 16.4. The first-order valence-electron chi connectivity index (χ1n) is 5.14. The van der Waals surface area contributed by atoms with Crippen LogP contribution in [0, 0.1) is 0 Å². The van der Waals surface area contributed by atoms with Gasteiger partial charge in [0.05, 0.1) is 12.4 Å². The number of aromatic carboxylic acids is 1. The Morgan fingerprint density at radius 3 is 2.59 bits per heavy atom. The zero-order valence-corrected chi connectivity index (χ0v) is 8.91. The Hall–Kier alpha value is -2.18. The number of hydrogen-bond acceptors (Lipinski definition) is 5. The van der Waals surface area contributed by atoms with E-state index in [0.717, 1.165) is 12.6 Å². The molecule has 2 N–H and O–H groups in total. The second kappa shape index (κ2) is 4.36. The lowest BCUT2D eigenvalue weighted by Crippen LogP contribution is -2.36. The summed E-state index contributed by atoms with van der Waals surface area (Å²) < 4.78 is 0. The number of carboxylic acid groups (broad SMARTS) is 2. The molecule has 2 rings (SSSR count). The summed E-state index contributed by atoms with van der Waals surface area (Å²) >= 11 is 0. The number of carbonyl (C=O) groups is 2. The summed E-state index contributed by atoms with van der Waals surface area (Å²) in [6.45, 7) is 0.595. The van der Waals surface area contributed by atoms with Crippen LogP contribution in [0.25, 0.3) is 0 Å². The van der Waals surface area contributed by atoms with Crippen molar-refractivity contribution in [2.75, 3.05) is 11.4 Å². The van der Waals surface area contributed by atoms with Crippen LogP contribution in [0.3, 0.4) is 0 Å². The minimum absolute atomic E-state index is 0.153. The third-order valence-electron chi connectivity index (χ3n) is 2.69. The molecular weight excluding hydrogens is 226 g/mol. The highest BCUT2D eigenvalue weighted by Crippen LogP contribution is 2.23. The van der Waals surface area contributed by atoms with Crippen LogP contribution in [0.2, 0.25) is 0 Å². The van der Waals surface area contributed by atoms with Crippen molar-refractivity contribution in [3.63, 3.8) is 0 Å². The van der Waals surface area contributed by atoms with Crippen molar-refractivity contribution in [1.29, 1.82) is 0 Å². The molecule has 1 aliphatic heterocycles. The van der Waals surface area contributed by atoms with Gasteiger partial charge in [0.15, 0.2) is 5.69 Å². The summed E-state index contributed by atoms with van der Waals surface area (Å²) in [5, 5.41) is 17.7. The summed E-state index contributed by atoms with van der Waals surface area (Å²) in [6.07, 6.45) is 3.77. The van der Waals surface area contributed by atoms with Crippen LogP contribution in [0.1, 0.15) is 23.3 Å². The minimum atomic E-state index is -1.15. The lowest BCUT2D eigenvalue weighted by atomic mass is 10.2. The van der Waals surface area contributed by atoms with E-state index in [2.05, 4.69) is 9.97 Å². The molecule has 0 bridgehead atoms. The van der Waals surface area contributed by atoms with Crippen LogP contribution in [0.4, 0.5) is 5.82 Å². The van der Waals surface area contributed by atoms with Gasteiger partial charge in [0.25, 0.3) is 0 Å². The van der Waals surface area contributed by atoms with Crippen LogP contribution in [-0.4, -0.2) is 44.7 Å². The molecule has 1 fully saturated rings. The number of rotatable bonds is 3. The molecule has 1 aromatic heterocycles. The molecule has 17 heavy (non-hydrogen) atoms. The maximum Gasteiger partial charge on any atom is 0.356 e. The zero-order chi connectivity index (χ0) is 12.4. The normalized spacial score (nSPS) is 19.3. The maximum absolute atomic E-state index is 11.0. The van der Waals surface area contributed by atoms with Crippen molar-refractivity contribution in [2.45, 2.75) is 18.9 Å². The monoisotopic (exact) mass is 237 g/mol. The summed E-state index contributed by atoms with van der Waals surface area (Å²) in [6, 6.07) is -0.597. The van der Waals surface area contributed by atoms with E-state index >= 15 is 0 Å². The fraction of sp³-hybridized carbons (Fsp3) is 0.400. The molecule has 0 aliphatic carbocycles. The quantitative estimate of drug-likeness (QED) is 0.775. The van der Waals surface area contributed by atoms with Gasteiger partial charge in [-0.05, 0) is 12.8 Å². The van der Waals surface area contributed by atoms with E-state index in [1.165, 1.54) is 6.20 Å². The van der Waals surface area contributed by atoms with Crippen LogP contribution < -0.4 is 4.90 Å². The molecule has 0 saturated carbocycles. The van der Waals surface area contributed by atoms with E-state index in [0.29, 0.717) is 18.8 Å². The minimum Gasteiger partial charge on any atom is -0.480 e. The van der Waals surface area contributed by atoms with Crippen LogP contribution in [-0.2, 0) is 4.79 Å². The van der Waals surface area contributed by atoms with Gasteiger partial charge in [0.1, 0.15) is 11.9 Å². The average Bonchev–Trinajstić information content (AvgIpc) is 2.78. The standard InChI is InChI=1S/C10H11N3O4/c14-9(15)6-4-12-8(5-11-6)13-3-1-2-7(13)10(16)17/h4-5,7H,1-3H2,(H,14,15)(H,16,17)/t7-/m0/s1. The molecule has 0 unspecified atom stereocenters. The second-order valence-electron chi connectivity index (χ2n) is 3.75. The van der Waals surface area contributed by atoms with Crippen molar-refractivity contribution in [1.82, 2.24) is 9.97 Å². The molecule has 7 heteroatoms. The Labute approximate surface area is 96.7 Å². The molecule has 0 aromatic carbocycles. The number of hydrogen-bond donors (Lipinski definition) is 2. The van der Waals surface area contributed by atoms with E-state index < -0.39 is 18.0 Å². The van der Waals surface area contributed by atoms with Gasteiger partial charge >= 0.3 is 11.9 Å². The number of carboxylic acids is 2. The Bertz CT molecular complexity index is 445. The molecular formula is C10H11N3O4. The van der Waals surface area contributed by atoms with Gasteiger partial charge in [-0.25, -0.2) is 19.6 Å². The third-order valence-corrected chi connectivity index (χ3v) is 2.69. The predicted octanol–water partition coefficient (Wildman–Crippen LogP) is 0.228. The Morgan fingerprint density at radius 1 is 1.29 bits per heavy atom. The number of nitrogens with zero attached hydrogens (tertiary/aromatic N) is 3. The second-order valence-corrected chi connectivity index (χ2v) is 3.75. The van der Waals surface area contributed by atoms with Crippen molar-refractivity contribution in [3.05, 3.63) is 18.1 Å². The molecule has 0 amide bonds. The maximum atomic E-state index is 11.0. The topological polar surface area (TPSA) is 104 Å².